The van der Waals surface area contributed by atoms with Crippen LogP contribution in [0.15, 0.2) is 0 Å². The van der Waals surface area contributed by atoms with Crippen molar-refractivity contribution >= 4 is 42.4 Å². The zero-order chi connectivity index (χ0) is 25.1. The van der Waals surface area contributed by atoms with Crippen molar-refractivity contribution in [1.82, 2.24) is 0 Å². The van der Waals surface area contributed by atoms with Gasteiger partial charge in [0.05, 0.1) is 0 Å². The first-order valence-corrected chi connectivity index (χ1v) is 17.1. The maximum absolute atomic E-state index is 12.0. The van der Waals surface area contributed by atoms with Gasteiger partial charge in [-0.3, -0.25) is 9.59 Å². The highest BCUT2D eigenvalue weighted by molar-refractivity contribution is 6.92. The van der Waals surface area contributed by atoms with Crippen molar-refractivity contribution in [2.24, 2.45) is 0 Å². The Balaban J connectivity index is 4.18. The number of rotatable bonds is 10. The molecular weight excluding hydrogens is 446 g/mol. The minimum atomic E-state index is -3.25. The third kappa shape index (κ3) is 4.15. The molecule has 1 saturated heterocycles. The molecule has 8 nitrogen and oxygen atoms in total. The van der Waals surface area contributed by atoms with E-state index in [1.165, 1.54) is 0 Å². The quantitative estimate of drug-likeness (QED) is 0.255. The summed E-state index contributed by atoms with van der Waals surface area (Å²) in [4.78, 5) is 24.0. The fourth-order valence-corrected chi connectivity index (χ4v) is 18.4. The fraction of sp³-hybridized carbons (Fsp3) is 0.900. The van der Waals surface area contributed by atoms with Crippen molar-refractivity contribution in [3.8, 4) is 0 Å². The van der Waals surface area contributed by atoms with E-state index in [1.54, 1.807) is 13.8 Å². The summed E-state index contributed by atoms with van der Waals surface area (Å²) < 4.78 is 0. The zero-order valence-corrected chi connectivity index (χ0v) is 22.5. The van der Waals surface area contributed by atoms with Crippen LogP contribution >= 0.6 is 0 Å². The van der Waals surface area contributed by atoms with E-state index in [4.69, 9.17) is 0 Å². The van der Waals surface area contributed by atoms with Crippen molar-refractivity contribution in [1.29, 1.82) is 0 Å². The SMILES string of the molecule is CCC1(BC(=O)O)C(O)[Si](CC)(CC)C(O)C(BC(=O)O)(CC)C(O)[Si](CC)(CC)C1O. The number of aliphatic hydroxyl groups is 4. The lowest BCUT2D eigenvalue weighted by molar-refractivity contribution is 0.0380. The Labute approximate surface area is 194 Å². The van der Waals surface area contributed by atoms with Gasteiger partial charge in [-0.2, -0.15) is 0 Å². The fourth-order valence-electron chi connectivity index (χ4n) is 6.91. The smallest absolute Gasteiger partial charge is 0.270 e. The Bertz CT molecular complexity index is 592. The predicted octanol–water partition coefficient (Wildman–Crippen LogP) is 1.94. The summed E-state index contributed by atoms with van der Waals surface area (Å²) in [6.07, 6.45) is 0.366. The van der Waals surface area contributed by atoms with E-state index >= 15 is 0 Å². The topological polar surface area (TPSA) is 156 Å². The zero-order valence-electron chi connectivity index (χ0n) is 20.5. The van der Waals surface area contributed by atoms with Crippen molar-refractivity contribution in [3.05, 3.63) is 0 Å². The molecule has 6 N–H and O–H groups in total. The van der Waals surface area contributed by atoms with Gasteiger partial charge in [-0.1, -0.05) is 78.6 Å². The van der Waals surface area contributed by atoms with Gasteiger partial charge in [0.15, 0.2) is 0 Å². The number of hydrogen-bond acceptors (Lipinski definition) is 6. The van der Waals surface area contributed by atoms with Gasteiger partial charge < -0.3 is 30.6 Å². The predicted molar refractivity (Wildman–Crippen MR) is 134 cm³/mol. The minimum Gasteiger partial charge on any atom is -0.489 e. The summed E-state index contributed by atoms with van der Waals surface area (Å²) in [5, 5.41) is 64.6. The Morgan fingerprint density at radius 1 is 0.625 bits per heavy atom. The average molecular weight is 488 g/mol. The highest BCUT2D eigenvalue weighted by atomic mass is 28.3. The molecule has 0 amide bonds. The number of hydrogen-bond donors (Lipinski definition) is 6. The molecule has 0 spiro atoms. The molecule has 1 rings (SSSR count). The number of carboxylic acid groups (broad SMARTS) is 2. The Morgan fingerprint density at radius 3 is 0.969 bits per heavy atom. The van der Waals surface area contributed by atoms with Crippen LogP contribution in [-0.2, 0) is 0 Å². The first kappa shape index (κ1) is 29.4. The van der Waals surface area contributed by atoms with Gasteiger partial charge in [-0.05, 0) is 0 Å². The molecule has 1 aliphatic heterocycles. The maximum atomic E-state index is 12.0. The maximum Gasteiger partial charge on any atom is 0.270 e. The second kappa shape index (κ2) is 10.7. The second-order valence-corrected chi connectivity index (χ2v) is 19.8. The Kier molecular flexibility index (Phi) is 9.85. The van der Waals surface area contributed by atoms with E-state index in [0.717, 1.165) is 0 Å². The normalized spacial score (nSPS) is 36.6. The lowest BCUT2D eigenvalue weighted by Crippen LogP contribution is -2.78. The van der Waals surface area contributed by atoms with E-state index in [-0.39, 0.29) is 12.8 Å². The molecule has 4 atom stereocenters. The highest BCUT2D eigenvalue weighted by Crippen LogP contribution is 2.58. The van der Waals surface area contributed by atoms with Crippen LogP contribution in [0.4, 0.5) is 9.59 Å². The standard InChI is InChI=1S/C20H42B2O8Si2/c1-7-19(21-17(27)28)13(23)31(9-3,10-4)15(25)20(8-2,22-18(29)30)16(26)32(11-5,12-6)14(19)24/h13-16,21-26H,7-12H2,1-6H3,(H,27,28)(H,29,30). The summed E-state index contributed by atoms with van der Waals surface area (Å²) in [6.45, 7) is 10.8. The van der Waals surface area contributed by atoms with E-state index in [0.29, 0.717) is 24.2 Å². The van der Waals surface area contributed by atoms with Gasteiger partial charge >= 0.3 is 0 Å². The highest BCUT2D eigenvalue weighted by Gasteiger charge is 2.70. The summed E-state index contributed by atoms with van der Waals surface area (Å²) in [5.74, 6) is -2.29. The second-order valence-electron chi connectivity index (χ2n) is 9.81. The molecular formula is C20H42B2O8Si2. The molecule has 0 aliphatic carbocycles. The number of carbonyl (C=O) groups is 2. The summed E-state index contributed by atoms with van der Waals surface area (Å²) in [7, 11) is -7.43. The van der Waals surface area contributed by atoms with E-state index in [9.17, 15) is 40.2 Å². The molecule has 1 fully saturated rings. The van der Waals surface area contributed by atoms with Crippen LogP contribution in [0, 0.1) is 0 Å². The molecule has 32 heavy (non-hydrogen) atoms. The lowest BCUT2D eigenvalue weighted by atomic mass is 9.50. The summed E-state index contributed by atoms with van der Waals surface area (Å²) in [6, 6.07) is 1.50. The van der Waals surface area contributed by atoms with Crippen LogP contribution in [0.2, 0.25) is 34.8 Å². The van der Waals surface area contributed by atoms with E-state index < -0.39 is 76.0 Å². The molecule has 0 radical (unpaired) electrons. The van der Waals surface area contributed by atoms with Gasteiger partial charge in [0, 0.05) is 33.5 Å². The molecule has 184 valence electrons. The van der Waals surface area contributed by atoms with E-state index in [2.05, 4.69) is 0 Å². The molecule has 0 aromatic carbocycles. The molecule has 4 unspecified atom stereocenters. The average Bonchev–Trinajstić information content (AvgIpc) is 2.76. The molecule has 1 aliphatic rings. The van der Waals surface area contributed by atoms with Crippen LogP contribution in [0.25, 0.3) is 0 Å². The molecule has 0 aromatic rings. The van der Waals surface area contributed by atoms with Gasteiger partial charge in [-0.15, -0.1) is 0 Å². The first-order chi connectivity index (χ1) is 14.8. The third-order valence-electron chi connectivity index (χ3n) is 9.27. The molecule has 1 heterocycles. The largest absolute Gasteiger partial charge is 0.489 e. The van der Waals surface area contributed by atoms with Crippen LogP contribution in [0.1, 0.15) is 54.4 Å². The summed E-state index contributed by atoms with van der Waals surface area (Å²) in [5.41, 5.74) is -5.02. The van der Waals surface area contributed by atoms with Crippen LogP contribution in [0.3, 0.4) is 0 Å². The monoisotopic (exact) mass is 488 g/mol. The summed E-state index contributed by atoms with van der Waals surface area (Å²) >= 11 is 0. The number of aliphatic hydroxyl groups excluding tert-OH is 4. The Morgan fingerprint density at radius 2 is 0.844 bits per heavy atom. The Hall–Kier alpha value is -0.656. The van der Waals surface area contributed by atoms with Crippen LogP contribution < -0.4 is 0 Å². The molecule has 0 saturated carbocycles. The molecule has 12 heteroatoms. The van der Waals surface area contributed by atoms with Gasteiger partial charge in [0.25, 0.3) is 14.6 Å². The third-order valence-corrected chi connectivity index (χ3v) is 21.2. The van der Waals surface area contributed by atoms with Crippen molar-refractivity contribution in [3.63, 3.8) is 0 Å². The van der Waals surface area contributed by atoms with Gasteiger partial charge in [0.1, 0.15) is 16.1 Å². The lowest BCUT2D eigenvalue weighted by Gasteiger charge is -2.63. The van der Waals surface area contributed by atoms with Gasteiger partial charge in [-0.25, -0.2) is 0 Å². The first-order valence-electron chi connectivity index (χ1n) is 12.0. The minimum absolute atomic E-state index is 0.183. The van der Waals surface area contributed by atoms with Gasteiger partial charge in [0.2, 0.25) is 11.7 Å². The van der Waals surface area contributed by atoms with Crippen molar-refractivity contribution in [2.75, 3.05) is 0 Å². The van der Waals surface area contributed by atoms with Crippen molar-refractivity contribution in [2.45, 2.75) is 112 Å². The van der Waals surface area contributed by atoms with Crippen LogP contribution in [-0.4, -0.2) is 96.0 Å². The van der Waals surface area contributed by atoms with E-state index in [1.807, 2.05) is 27.7 Å². The molecule has 0 aromatic heterocycles. The van der Waals surface area contributed by atoms with Crippen molar-refractivity contribution < 1.29 is 40.2 Å². The molecule has 0 bridgehead atoms. The van der Waals surface area contributed by atoms with Crippen LogP contribution in [0.5, 0.6) is 0 Å².